The number of carbonyl (C=O) groups is 1. The summed E-state index contributed by atoms with van der Waals surface area (Å²) in [5, 5.41) is 7.57. The number of rotatable bonds is 4. The summed E-state index contributed by atoms with van der Waals surface area (Å²) in [5.41, 5.74) is 1.21. The van der Waals surface area contributed by atoms with Gasteiger partial charge < -0.3 is 5.11 Å². The summed E-state index contributed by atoms with van der Waals surface area (Å²) in [6, 6.07) is 3.90. The van der Waals surface area contributed by atoms with Gasteiger partial charge in [0.1, 0.15) is 0 Å². The van der Waals surface area contributed by atoms with Crippen LogP contribution in [-0.2, 0) is 6.42 Å². The summed E-state index contributed by atoms with van der Waals surface area (Å²) in [4.78, 5) is 14.1. The molecule has 1 N–H and O–H groups in total. The molecule has 0 saturated heterocycles. The van der Waals surface area contributed by atoms with Crippen molar-refractivity contribution in [1.29, 1.82) is 0 Å². The molecular weight excluding hydrogens is 186 g/mol. The predicted molar refractivity (Wildman–Crippen MR) is 53.0 cm³/mol. The molecule has 0 radical (unpaired) electrons. The first-order valence-corrected chi connectivity index (χ1v) is 5.02. The fourth-order valence-corrected chi connectivity index (χ4v) is 1.45. The number of aromatic nitrogens is 1. The normalized spacial score (nSPS) is 9.85. The van der Waals surface area contributed by atoms with Crippen LogP contribution in [0.15, 0.2) is 24.5 Å². The minimum atomic E-state index is -0.797. The average molecular weight is 197 g/mol. The number of hydrogen-bond donors (Lipinski definition) is 1. The molecule has 4 heteroatoms. The Morgan fingerprint density at radius 1 is 1.46 bits per heavy atom. The van der Waals surface area contributed by atoms with Crippen LogP contribution in [0.3, 0.4) is 0 Å². The molecule has 13 heavy (non-hydrogen) atoms. The van der Waals surface area contributed by atoms with Crippen molar-refractivity contribution in [1.82, 2.24) is 4.98 Å². The molecule has 3 nitrogen and oxygen atoms in total. The van der Waals surface area contributed by atoms with Crippen molar-refractivity contribution in [2.75, 3.05) is 5.75 Å². The Morgan fingerprint density at radius 3 is 2.77 bits per heavy atom. The molecule has 0 spiro atoms. The standard InChI is InChI=1S/C9H11NO2S/c11-9(12)13-7-1-2-8-3-5-10-6-4-8/h3-6H,1-2,7H2,(H,11,12). The largest absolute Gasteiger partial charge is 0.473 e. The quantitative estimate of drug-likeness (QED) is 0.753. The molecule has 1 rings (SSSR count). The third-order valence-electron chi connectivity index (χ3n) is 1.58. The monoisotopic (exact) mass is 197 g/mol. The van der Waals surface area contributed by atoms with E-state index in [-0.39, 0.29) is 0 Å². The second-order valence-electron chi connectivity index (χ2n) is 2.57. The number of carboxylic acid groups (broad SMARTS) is 1. The number of pyridine rings is 1. The van der Waals surface area contributed by atoms with E-state index in [2.05, 4.69) is 4.98 Å². The number of nitrogens with zero attached hydrogens (tertiary/aromatic N) is 1. The zero-order valence-corrected chi connectivity index (χ0v) is 7.96. The van der Waals surface area contributed by atoms with Crippen LogP contribution in [0.1, 0.15) is 12.0 Å². The lowest BCUT2D eigenvalue weighted by Gasteiger charge is -1.98. The molecule has 0 aromatic carbocycles. The van der Waals surface area contributed by atoms with Crippen LogP contribution >= 0.6 is 11.8 Å². The van der Waals surface area contributed by atoms with Gasteiger partial charge in [-0.15, -0.1) is 0 Å². The highest BCUT2D eigenvalue weighted by Crippen LogP contribution is 2.07. The van der Waals surface area contributed by atoms with E-state index in [4.69, 9.17) is 5.11 Å². The first-order chi connectivity index (χ1) is 6.29. The van der Waals surface area contributed by atoms with Gasteiger partial charge in [0.2, 0.25) is 0 Å². The van der Waals surface area contributed by atoms with Gasteiger partial charge in [-0.25, -0.2) is 4.79 Å². The van der Waals surface area contributed by atoms with Gasteiger partial charge in [0.15, 0.2) is 0 Å². The van der Waals surface area contributed by atoms with Gasteiger partial charge in [0.05, 0.1) is 0 Å². The van der Waals surface area contributed by atoms with E-state index in [0.717, 1.165) is 24.6 Å². The van der Waals surface area contributed by atoms with Gasteiger partial charge >= 0.3 is 5.30 Å². The van der Waals surface area contributed by atoms with Crippen molar-refractivity contribution >= 4 is 17.1 Å². The van der Waals surface area contributed by atoms with E-state index in [0.29, 0.717) is 5.75 Å². The number of aryl methyl sites for hydroxylation is 1. The van der Waals surface area contributed by atoms with E-state index in [9.17, 15) is 4.79 Å². The molecule has 0 fully saturated rings. The summed E-state index contributed by atoms with van der Waals surface area (Å²) >= 11 is 0.952. The zero-order chi connectivity index (χ0) is 9.52. The maximum absolute atomic E-state index is 10.2. The van der Waals surface area contributed by atoms with Gasteiger partial charge in [-0.2, -0.15) is 0 Å². The van der Waals surface area contributed by atoms with Crippen molar-refractivity contribution in [3.63, 3.8) is 0 Å². The smallest absolute Gasteiger partial charge is 0.364 e. The van der Waals surface area contributed by atoms with Gasteiger partial charge in [0.25, 0.3) is 0 Å². The van der Waals surface area contributed by atoms with Gasteiger partial charge in [-0.1, -0.05) is 0 Å². The highest BCUT2D eigenvalue weighted by atomic mass is 32.2. The van der Waals surface area contributed by atoms with E-state index in [1.54, 1.807) is 12.4 Å². The molecule has 0 amide bonds. The maximum atomic E-state index is 10.2. The Hall–Kier alpha value is -1.03. The molecule has 0 saturated carbocycles. The molecule has 0 bridgehead atoms. The molecular formula is C9H11NO2S. The minimum absolute atomic E-state index is 0.664. The molecule has 1 heterocycles. The van der Waals surface area contributed by atoms with Crippen molar-refractivity contribution in [3.05, 3.63) is 30.1 Å². The lowest BCUT2D eigenvalue weighted by atomic mass is 10.2. The SMILES string of the molecule is O=C(O)SCCCc1ccncc1. The summed E-state index contributed by atoms with van der Waals surface area (Å²) in [6.45, 7) is 0. The average Bonchev–Trinajstić information content (AvgIpc) is 2.14. The Balaban J connectivity index is 2.17. The van der Waals surface area contributed by atoms with Crippen LogP contribution in [0.2, 0.25) is 0 Å². The highest BCUT2D eigenvalue weighted by Gasteiger charge is 1.97. The maximum Gasteiger partial charge on any atom is 0.364 e. The minimum Gasteiger partial charge on any atom is -0.473 e. The highest BCUT2D eigenvalue weighted by molar-refractivity contribution is 8.13. The predicted octanol–water partition coefficient (Wildman–Crippen LogP) is 2.43. The number of thioether (sulfide) groups is 1. The van der Waals surface area contributed by atoms with Crippen molar-refractivity contribution in [2.24, 2.45) is 0 Å². The second-order valence-corrected chi connectivity index (χ2v) is 3.62. The molecule has 0 aliphatic carbocycles. The van der Waals surface area contributed by atoms with E-state index < -0.39 is 5.30 Å². The molecule has 1 aromatic heterocycles. The summed E-state index contributed by atoms with van der Waals surface area (Å²) in [6.07, 6.45) is 5.31. The molecule has 70 valence electrons. The molecule has 0 aliphatic rings. The third kappa shape index (κ3) is 4.52. The lowest BCUT2D eigenvalue weighted by Crippen LogP contribution is -1.91. The van der Waals surface area contributed by atoms with Crippen LogP contribution in [0, 0.1) is 0 Å². The van der Waals surface area contributed by atoms with Crippen LogP contribution < -0.4 is 0 Å². The van der Waals surface area contributed by atoms with Gasteiger partial charge in [-0.3, -0.25) is 4.98 Å². The summed E-state index contributed by atoms with van der Waals surface area (Å²) in [7, 11) is 0. The zero-order valence-electron chi connectivity index (χ0n) is 7.14. The van der Waals surface area contributed by atoms with E-state index in [1.807, 2.05) is 12.1 Å². The topological polar surface area (TPSA) is 50.2 Å². The Bertz CT molecular complexity index is 264. The molecule has 1 aromatic rings. The summed E-state index contributed by atoms with van der Waals surface area (Å²) in [5.74, 6) is 0.664. The Kier molecular flexibility index (Phi) is 4.32. The van der Waals surface area contributed by atoms with E-state index >= 15 is 0 Å². The van der Waals surface area contributed by atoms with Crippen molar-refractivity contribution in [3.8, 4) is 0 Å². The van der Waals surface area contributed by atoms with Crippen molar-refractivity contribution in [2.45, 2.75) is 12.8 Å². The van der Waals surface area contributed by atoms with Crippen LogP contribution in [0.5, 0.6) is 0 Å². The second kappa shape index (κ2) is 5.59. The van der Waals surface area contributed by atoms with Crippen LogP contribution in [-0.4, -0.2) is 21.1 Å². The fraction of sp³-hybridized carbons (Fsp3) is 0.333. The van der Waals surface area contributed by atoms with Crippen molar-refractivity contribution < 1.29 is 9.90 Å². The fourth-order valence-electron chi connectivity index (χ4n) is 0.985. The Morgan fingerprint density at radius 2 is 2.15 bits per heavy atom. The third-order valence-corrected chi connectivity index (χ3v) is 2.32. The molecule has 0 aliphatic heterocycles. The lowest BCUT2D eigenvalue weighted by molar-refractivity contribution is 0.222. The number of hydrogen-bond acceptors (Lipinski definition) is 3. The first-order valence-electron chi connectivity index (χ1n) is 4.03. The van der Waals surface area contributed by atoms with Crippen LogP contribution in [0.25, 0.3) is 0 Å². The van der Waals surface area contributed by atoms with Crippen LogP contribution in [0.4, 0.5) is 4.79 Å². The Labute approximate surface area is 81.2 Å². The van der Waals surface area contributed by atoms with Gasteiger partial charge in [0, 0.05) is 18.1 Å². The first kappa shape index (κ1) is 10.1. The molecule has 0 atom stereocenters. The molecule has 0 unspecified atom stereocenters. The summed E-state index contributed by atoms with van der Waals surface area (Å²) < 4.78 is 0. The van der Waals surface area contributed by atoms with E-state index in [1.165, 1.54) is 5.56 Å². The van der Waals surface area contributed by atoms with Gasteiger partial charge in [-0.05, 0) is 42.3 Å².